The van der Waals surface area contributed by atoms with Gasteiger partial charge in [0.25, 0.3) is 0 Å². The number of likely N-dealkylation sites (N-methyl/N-ethyl adjacent to an activating group) is 1. The van der Waals surface area contributed by atoms with E-state index in [2.05, 4.69) is 20.5 Å². The Bertz CT molecular complexity index is 826. The summed E-state index contributed by atoms with van der Waals surface area (Å²) in [6, 6.07) is 3.64. The van der Waals surface area contributed by atoms with Crippen molar-refractivity contribution in [3.8, 4) is 0 Å². The summed E-state index contributed by atoms with van der Waals surface area (Å²) in [6.45, 7) is 5.50. The van der Waals surface area contributed by atoms with E-state index in [1.807, 2.05) is 27.0 Å². The highest BCUT2D eigenvalue weighted by molar-refractivity contribution is 7.16. The van der Waals surface area contributed by atoms with E-state index in [0.717, 1.165) is 41.2 Å². The number of nitrogens with zero attached hydrogens (tertiary/aromatic N) is 2. The smallest absolute Gasteiger partial charge is 0.315 e. The van der Waals surface area contributed by atoms with Crippen LogP contribution in [0, 0.1) is 13.8 Å². The topological polar surface area (TPSA) is 74.3 Å². The molecule has 0 aliphatic carbocycles. The molecule has 132 valence electrons. The molecule has 0 unspecified atom stereocenters. The van der Waals surface area contributed by atoms with Gasteiger partial charge in [-0.15, -0.1) is 11.3 Å². The molecule has 8 heteroatoms. The summed E-state index contributed by atoms with van der Waals surface area (Å²) in [5, 5.41) is 6.02. The molecule has 0 atom stereocenters. The first-order valence-electron chi connectivity index (χ1n) is 7.89. The van der Waals surface area contributed by atoms with Crippen LogP contribution < -0.4 is 10.6 Å². The molecule has 1 aromatic carbocycles. The van der Waals surface area contributed by atoms with E-state index in [0.29, 0.717) is 15.8 Å². The zero-order valence-corrected chi connectivity index (χ0v) is 15.8. The van der Waals surface area contributed by atoms with E-state index in [1.165, 1.54) is 11.3 Å². The molecule has 1 aliphatic heterocycles. The van der Waals surface area contributed by atoms with E-state index < -0.39 is 11.8 Å². The number of benzene rings is 1. The summed E-state index contributed by atoms with van der Waals surface area (Å²) in [5.41, 5.74) is 3.24. The number of carbonyl (C=O) groups excluding carboxylic acids is 2. The number of aryl methyl sites for hydroxylation is 2. The van der Waals surface area contributed by atoms with Crippen molar-refractivity contribution in [2.24, 2.45) is 0 Å². The number of amides is 2. The third-order valence-electron chi connectivity index (χ3n) is 4.02. The van der Waals surface area contributed by atoms with Crippen molar-refractivity contribution >= 4 is 45.6 Å². The molecule has 2 heterocycles. The average Bonchev–Trinajstić information content (AvgIpc) is 2.91. The Balaban J connectivity index is 1.69. The average molecular weight is 379 g/mol. The summed E-state index contributed by atoms with van der Waals surface area (Å²) in [6.07, 6.45) is 0.850. The molecule has 0 spiro atoms. The van der Waals surface area contributed by atoms with Gasteiger partial charge in [-0.1, -0.05) is 17.7 Å². The van der Waals surface area contributed by atoms with Crippen LogP contribution in [0.4, 0.5) is 10.8 Å². The largest absolute Gasteiger partial charge is 0.316 e. The molecule has 1 aliphatic rings. The molecule has 3 rings (SSSR count). The minimum absolute atomic E-state index is 0.409. The fourth-order valence-corrected chi connectivity index (χ4v) is 4.23. The van der Waals surface area contributed by atoms with Crippen molar-refractivity contribution in [3.63, 3.8) is 0 Å². The van der Waals surface area contributed by atoms with Gasteiger partial charge in [0.2, 0.25) is 0 Å². The SMILES string of the molecule is Cc1cc(C)c(NC(=O)C(=O)Nc2nc3c(s2)CN(C)CC3)c(Cl)c1. The lowest BCUT2D eigenvalue weighted by Crippen LogP contribution is -2.29. The molecule has 2 amide bonds. The van der Waals surface area contributed by atoms with Gasteiger partial charge in [0.15, 0.2) is 5.13 Å². The predicted molar refractivity (Wildman–Crippen MR) is 100 cm³/mol. The molecule has 0 saturated carbocycles. The summed E-state index contributed by atoms with van der Waals surface area (Å²) < 4.78 is 0. The fourth-order valence-electron chi connectivity index (χ4n) is 2.77. The van der Waals surface area contributed by atoms with Gasteiger partial charge in [0.05, 0.1) is 16.4 Å². The second-order valence-electron chi connectivity index (χ2n) is 6.22. The minimum Gasteiger partial charge on any atom is -0.316 e. The number of thiazole rings is 1. The summed E-state index contributed by atoms with van der Waals surface area (Å²) in [5.74, 6) is -1.52. The number of rotatable bonds is 2. The number of anilines is 2. The van der Waals surface area contributed by atoms with Crippen LogP contribution in [-0.4, -0.2) is 35.3 Å². The third kappa shape index (κ3) is 4.00. The van der Waals surface area contributed by atoms with Crippen molar-refractivity contribution in [1.82, 2.24) is 9.88 Å². The lowest BCUT2D eigenvalue weighted by molar-refractivity contribution is -0.133. The Morgan fingerprint density at radius 2 is 1.96 bits per heavy atom. The van der Waals surface area contributed by atoms with Gasteiger partial charge in [-0.25, -0.2) is 4.98 Å². The zero-order valence-electron chi connectivity index (χ0n) is 14.3. The van der Waals surface area contributed by atoms with E-state index in [1.54, 1.807) is 6.07 Å². The molecular weight excluding hydrogens is 360 g/mol. The summed E-state index contributed by atoms with van der Waals surface area (Å²) >= 11 is 7.57. The molecule has 6 nitrogen and oxygen atoms in total. The molecule has 0 saturated heterocycles. The summed E-state index contributed by atoms with van der Waals surface area (Å²) in [4.78, 5) is 32.1. The maximum Gasteiger partial charge on any atom is 0.315 e. The standard InChI is InChI=1S/C17H19ClN4O2S/c1-9-6-10(2)14(11(18)7-9)20-15(23)16(24)21-17-19-12-4-5-22(3)8-13(12)25-17/h6-7H,4-5,8H2,1-3H3,(H,20,23)(H,19,21,24). The van der Waals surface area contributed by atoms with Gasteiger partial charge in [-0.3, -0.25) is 14.9 Å². The Hall–Kier alpha value is -1.96. The number of carbonyl (C=O) groups is 2. The van der Waals surface area contributed by atoms with E-state index in [9.17, 15) is 9.59 Å². The van der Waals surface area contributed by atoms with Crippen molar-refractivity contribution in [2.45, 2.75) is 26.8 Å². The molecule has 25 heavy (non-hydrogen) atoms. The van der Waals surface area contributed by atoms with Gasteiger partial charge in [-0.2, -0.15) is 0 Å². The second-order valence-corrected chi connectivity index (χ2v) is 7.71. The zero-order chi connectivity index (χ0) is 18.1. The number of halogens is 1. The highest BCUT2D eigenvalue weighted by Crippen LogP contribution is 2.29. The first-order chi connectivity index (χ1) is 11.8. The second kappa shape index (κ2) is 7.11. The molecular formula is C17H19ClN4O2S. The molecule has 0 bridgehead atoms. The van der Waals surface area contributed by atoms with Crippen LogP contribution in [0.3, 0.4) is 0 Å². The van der Waals surface area contributed by atoms with Crippen LogP contribution in [-0.2, 0) is 22.6 Å². The van der Waals surface area contributed by atoms with E-state index in [4.69, 9.17) is 11.6 Å². The summed E-state index contributed by atoms with van der Waals surface area (Å²) in [7, 11) is 2.04. The Morgan fingerprint density at radius 1 is 1.24 bits per heavy atom. The molecule has 1 aromatic heterocycles. The number of aromatic nitrogens is 1. The van der Waals surface area contributed by atoms with Gasteiger partial charge in [-0.05, 0) is 38.1 Å². The van der Waals surface area contributed by atoms with Crippen LogP contribution in [0.5, 0.6) is 0 Å². The highest BCUT2D eigenvalue weighted by Gasteiger charge is 2.22. The van der Waals surface area contributed by atoms with Crippen LogP contribution in [0.25, 0.3) is 0 Å². The minimum atomic E-state index is -0.765. The molecule has 0 radical (unpaired) electrons. The van der Waals surface area contributed by atoms with Crippen molar-refractivity contribution in [3.05, 3.63) is 38.9 Å². The lowest BCUT2D eigenvalue weighted by Gasteiger charge is -2.20. The highest BCUT2D eigenvalue weighted by atomic mass is 35.5. The van der Waals surface area contributed by atoms with Gasteiger partial charge >= 0.3 is 11.8 Å². The van der Waals surface area contributed by atoms with Crippen LogP contribution >= 0.6 is 22.9 Å². The number of nitrogens with one attached hydrogen (secondary N) is 2. The number of hydrogen-bond donors (Lipinski definition) is 2. The van der Waals surface area contributed by atoms with E-state index >= 15 is 0 Å². The van der Waals surface area contributed by atoms with Gasteiger partial charge < -0.3 is 10.2 Å². The van der Waals surface area contributed by atoms with E-state index in [-0.39, 0.29) is 0 Å². The van der Waals surface area contributed by atoms with Gasteiger partial charge in [0.1, 0.15) is 0 Å². The monoisotopic (exact) mass is 378 g/mol. The number of fused-ring (bicyclic) bond motifs is 1. The Morgan fingerprint density at radius 3 is 2.68 bits per heavy atom. The maximum absolute atomic E-state index is 12.2. The lowest BCUT2D eigenvalue weighted by atomic mass is 10.1. The molecule has 0 fully saturated rings. The normalized spacial score (nSPS) is 14.1. The first kappa shape index (κ1) is 17.8. The Kier molecular flexibility index (Phi) is 5.08. The maximum atomic E-state index is 12.2. The Labute approximate surface area is 155 Å². The van der Waals surface area contributed by atoms with Crippen LogP contribution in [0.2, 0.25) is 5.02 Å². The predicted octanol–water partition coefficient (Wildman–Crippen LogP) is 2.98. The van der Waals surface area contributed by atoms with Crippen molar-refractivity contribution < 1.29 is 9.59 Å². The number of hydrogen-bond acceptors (Lipinski definition) is 5. The van der Waals surface area contributed by atoms with Crippen LogP contribution in [0.1, 0.15) is 21.7 Å². The molecule has 2 aromatic rings. The van der Waals surface area contributed by atoms with Crippen molar-refractivity contribution in [1.29, 1.82) is 0 Å². The fraction of sp³-hybridized carbons (Fsp3) is 0.353. The molecule has 2 N–H and O–H groups in total. The van der Waals surface area contributed by atoms with Gasteiger partial charge in [0, 0.05) is 24.4 Å². The first-order valence-corrected chi connectivity index (χ1v) is 9.09. The quantitative estimate of drug-likeness (QED) is 0.788. The van der Waals surface area contributed by atoms with Crippen LogP contribution in [0.15, 0.2) is 12.1 Å². The van der Waals surface area contributed by atoms with Crippen molar-refractivity contribution in [2.75, 3.05) is 24.2 Å². The third-order valence-corrected chi connectivity index (χ3v) is 5.31.